The van der Waals surface area contributed by atoms with Gasteiger partial charge in [0.25, 0.3) is 5.91 Å². The third-order valence-electron chi connectivity index (χ3n) is 2.73. The maximum absolute atomic E-state index is 11.7. The predicted octanol–water partition coefficient (Wildman–Crippen LogP) is 0.266. The fourth-order valence-electron chi connectivity index (χ4n) is 1.69. The van der Waals surface area contributed by atoms with Crippen LogP contribution in [0.1, 0.15) is 23.0 Å². The minimum atomic E-state index is -0.0643. The van der Waals surface area contributed by atoms with Crippen LogP contribution in [0.25, 0.3) is 0 Å². The van der Waals surface area contributed by atoms with E-state index in [1.807, 2.05) is 0 Å². The highest BCUT2D eigenvalue weighted by Crippen LogP contribution is 2.12. The Morgan fingerprint density at radius 2 is 2.60 bits per heavy atom. The zero-order valence-corrected chi connectivity index (χ0v) is 9.38. The van der Waals surface area contributed by atoms with Gasteiger partial charge in [-0.15, -0.1) is 5.10 Å². The molecule has 2 unspecified atom stereocenters. The standard InChI is InChI=1S/C9H14N4OS/c1-6-2-3-10-4-7(6)12-9(14)8-5-11-13-15-8/h5-7,10H,2-4H2,1H3,(H,12,14). The average Bonchev–Trinajstić information content (AvgIpc) is 2.74. The largest absolute Gasteiger partial charge is 0.347 e. The Morgan fingerprint density at radius 3 is 3.27 bits per heavy atom. The van der Waals surface area contributed by atoms with Crippen LogP contribution in [-0.4, -0.2) is 34.6 Å². The Labute approximate surface area is 92.4 Å². The van der Waals surface area contributed by atoms with Gasteiger partial charge in [-0.2, -0.15) is 0 Å². The number of aromatic nitrogens is 2. The molecule has 0 spiro atoms. The van der Waals surface area contributed by atoms with E-state index in [1.165, 1.54) is 6.20 Å². The molecule has 2 atom stereocenters. The van der Waals surface area contributed by atoms with Gasteiger partial charge in [0.2, 0.25) is 0 Å². The first kappa shape index (κ1) is 10.5. The van der Waals surface area contributed by atoms with E-state index in [1.54, 1.807) is 0 Å². The van der Waals surface area contributed by atoms with Crippen LogP contribution in [0.5, 0.6) is 0 Å². The van der Waals surface area contributed by atoms with Crippen molar-refractivity contribution in [3.05, 3.63) is 11.1 Å². The molecule has 1 aliphatic rings. The van der Waals surface area contributed by atoms with Crippen molar-refractivity contribution in [3.8, 4) is 0 Å². The third-order valence-corrected chi connectivity index (χ3v) is 3.39. The summed E-state index contributed by atoms with van der Waals surface area (Å²) in [4.78, 5) is 12.3. The van der Waals surface area contributed by atoms with Gasteiger partial charge in [0.1, 0.15) is 4.88 Å². The minimum absolute atomic E-state index is 0.0643. The number of rotatable bonds is 2. The lowest BCUT2D eigenvalue weighted by Gasteiger charge is -2.29. The van der Waals surface area contributed by atoms with Crippen molar-refractivity contribution in [2.24, 2.45) is 5.92 Å². The highest BCUT2D eigenvalue weighted by atomic mass is 32.1. The molecular formula is C9H14N4OS. The molecule has 15 heavy (non-hydrogen) atoms. The van der Waals surface area contributed by atoms with Crippen molar-refractivity contribution < 1.29 is 4.79 Å². The monoisotopic (exact) mass is 226 g/mol. The Morgan fingerprint density at radius 1 is 1.73 bits per heavy atom. The summed E-state index contributed by atoms with van der Waals surface area (Å²) < 4.78 is 3.67. The minimum Gasteiger partial charge on any atom is -0.347 e. The number of hydrogen-bond donors (Lipinski definition) is 2. The fourth-order valence-corrected chi connectivity index (χ4v) is 2.11. The summed E-state index contributed by atoms with van der Waals surface area (Å²) in [6.07, 6.45) is 2.60. The summed E-state index contributed by atoms with van der Waals surface area (Å²) in [6, 6.07) is 0.216. The molecule has 5 nitrogen and oxygen atoms in total. The highest BCUT2D eigenvalue weighted by molar-refractivity contribution is 7.07. The van der Waals surface area contributed by atoms with Crippen LogP contribution in [0.15, 0.2) is 6.20 Å². The molecule has 1 saturated heterocycles. The van der Waals surface area contributed by atoms with Crippen molar-refractivity contribution in [1.82, 2.24) is 20.2 Å². The summed E-state index contributed by atoms with van der Waals surface area (Å²) >= 11 is 1.13. The Bertz CT molecular complexity index is 327. The van der Waals surface area contributed by atoms with Gasteiger partial charge in [-0.3, -0.25) is 4.79 Å². The van der Waals surface area contributed by atoms with Gasteiger partial charge >= 0.3 is 0 Å². The third kappa shape index (κ3) is 2.51. The van der Waals surface area contributed by atoms with Crippen LogP contribution in [0.4, 0.5) is 0 Å². The molecule has 2 N–H and O–H groups in total. The molecule has 1 amide bonds. The smallest absolute Gasteiger partial charge is 0.264 e. The maximum Gasteiger partial charge on any atom is 0.264 e. The Hall–Kier alpha value is -1.01. The number of hydrogen-bond acceptors (Lipinski definition) is 5. The molecular weight excluding hydrogens is 212 g/mol. The van der Waals surface area contributed by atoms with E-state index in [4.69, 9.17) is 0 Å². The van der Waals surface area contributed by atoms with E-state index in [2.05, 4.69) is 27.1 Å². The lowest BCUT2D eigenvalue weighted by atomic mass is 9.95. The second-order valence-electron chi connectivity index (χ2n) is 3.83. The molecule has 0 radical (unpaired) electrons. The molecule has 0 saturated carbocycles. The van der Waals surface area contributed by atoms with Crippen molar-refractivity contribution in [2.45, 2.75) is 19.4 Å². The van der Waals surface area contributed by atoms with Gasteiger partial charge in [0.15, 0.2) is 0 Å². The molecule has 82 valence electrons. The quantitative estimate of drug-likeness (QED) is 0.759. The number of carbonyl (C=O) groups excluding carboxylic acids is 1. The summed E-state index contributed by atoms with van der Waals surface area (Å²) in [5.41, 5.74) is 0. The summed E-state index contributed by atoms with van der Waals surface area (Å²) in [5.74, 6) is 0.460. The summed E-state index contributed by atoms with van der Waals surface area (Å²) in [7, 11) is 0. The van der Waals surface area contributed by atoms with Gasteiger partial charge in [-0.05, 0) is 30.4 Å². The van der Waals surface area contributed by atoms with Gasteiger partial charge in [0, 0.05) is 12.6 Å². The van der Waals surface area contributed by atoms with Crippen LogP contribution >= 0.6 is 11.5 Å². The Kier molecular flexibility index (Phi) is 3.27. The van der Waals surface area contributed by atoms with Gasteiger partial charge in [0.05, 0.1) is 6.20 Å². The molecule has 2 heterocycles. The molecule has 1 fully saturated rings. The summed E-state index contributed by atoms with van der Waals surface area (Å²) in [6.45, 7) is 4.05. The van der Waals surface area contributed by atoms with Crippen LogP contribution in [-0.2, 0) is 0 Å². The van der Waals surface area contributed by atoms with Gasteiger partial charge < -0.3 is 10.6 Å². The molecule has 0 aliphatic carbocycles. The number of carbonyl (C=O) groups is 1. The van der Waals surface area contributed by atoms with E-state index in [0.717, 1.165) is 31.0 Å². The number of nitrogens with one attached hydrogen (secondary N) is 2. The number of piperidine rings is 1. The lowest BCUT2D eigenvalue weighted by Crippen LogP contribution is -2.50. The number of nitrogens with zero attached hydrogens (tertiary/aromatic N) is 2. The van der Waals surface area contributed by atoms with Crippen LogP contribution in [0, 0.1) is 5.92 Å². The second-order valence-corrected chi connectivity index (χ2v) is 4.62. The van der Waals surface area contributed by atoms with Crippen molar-refractivity contribution in [1.29, 1.82) is 0 Å². The van der Waals surface area contributed by atoms with E-state index in [9.17, 15) is 4.79 Å². The molecule has 0 bridgehead atoms. The summed E-state index contributed by atoms with van der Waals surface area (Å²) in [5, 5.41) is 9.92. The highest BCUT2D eigenvalue weighted by Gasteiger charge is 2.23. The Balaban J connectivity index is 1.93. The first-order chi connectivity index (χ1) is 7.27. The van der Waals surface area contributed by atoms with Gasteiger partial charge in [-0.25, -0.2) is 0 Å². The first-order valence-electron chi connectivity index (χ1n) is 5.06. The zero-order chi connectivity index (χ0) is 10.7. The SMILES string of the molecule is CC1CCNCC1NC(=O)c1cnns1. The van der Waals surface area contributed by atoms with E-state index in [-0.39, 0.29) is 11.9 Å². The molecule has 1 aliphatic heterocycles. The van der Waals surface area contributed by atoms with Crippen LogP contribution < -0.4 is 10.6 Å². The topological polar surface area (TPSA) is 66.9 Å². The van der Waals surface area contributed by atoms with Crippen LogP contribution in [0.3, 0.4) is 0 Å². The van der Waals surface area contributed by atoms with Crippen molar-refractivity contribution >= 4 is 17.4 Å². The van der Waals surface area contributed by atoms with Crippen molar-refractivity contribution in [2.75, 3.05) is 13.1 Å². The normalized spacial score (nSPS) is 26.2. The molecule has 0 aromatic carbocycles. The zero-order valence-electron chi connectivity index (χ0n) is 8.56. The predicted molar refractivity (Wildman–Crippen MR) is 57.8 cm³/mol. The lowest BCUT2D eigenvalue weighted by molar-refractivity contribution is 0.0919. The molecule has 6 heteroatoms. The second kappa shape index (κ2) is 4.67. The van der Waals surface area contributed by atoms with E-state index >= 15 is 0 Å². The van der Waals surface area contributed by atoms with Gasteiger partial charge in [-0.1, -0.05) is 11.4 Å². The fraction of sp³-hybridized carbons (Fsp3) is 0.667. The molecule has 1 aromatic heterocycles. The van der Waals surface area contributed by atoms with E-state index < -0.39 is 0 Å². The molecule has 1 aromatic rings. The van der Waals surface area contributed by atoms with Crippen LogP contribution in [0.2, 0.25) is 0 Å². The molecule has 2 rings (SSSR count). The maximum atomic E-state index is 11.7. The van der Waals surface area contributed by atoms with Crippen molar-refractivity contribution in [3.63, 3.8) is 0 Å². The number of amides is 1. The first-order valence-corrected chi connectivity index (χ1v) is 5.83. The average molecular weight is 226 g/mol. The van der Waals surface area contributed by atoms with E-state index in [0.29, 0.717) is 10.8 Å².